The zero-order chi connectivity index (χ0) is 6.69. The zero-order valence-electron chi connectivity index (χ0n) is 5.21. The smallest absolute Gasteiger partial charge is 0.312 e. The molecular formula is C6H10NO2. The molecule has 3 heteroatoms. The Balaban J connectivity index is 2.41. The van der Waals surface area contributed by atoms with E-state index in [1.807, 2.05) is 0 Å². The number of aliphatic hydroxyl groups is 1. The second-order valence-electron chi connectivity index (χ2n) is 2.26. The van der Waals surface area contributed by atoms with Crippen molar-refractivity contribution in [3.05, 3.63) is 0 Å². The molecule has 1 fully saturated rings. The summed E-state index contributed by atoms with van der Waals surface area (Å²) < 4.78 is 0. The number of hydrogen-bond acceptors (Lipinski definition) is 2. The summed E-state index contributed by atoms with van der Waals surface area (Å²) in [4.78, 5) is 11.6. The molecular weight excluding hydrogens is 118 g/mol. The van der Waals surface area contributed by atoms with Crippen molar-refractivity contribution < 1.29 is 9.90 Å². The highest BCUT2D eigenvalue weighted by Gasteiger charge is 2.21. The molecule has 1 aliphatic heterocycles. The summed E-state index contributed by atoms with van der Waals surface area (Å²) >= 11 is 0. The molecule has 0 spiro atoms. The molecule has 1 radical (unpaired) electrons. The topological polar surface area (TPSA) is 40.5 Å². The van der Waals surface area contributed by atoms with E-state index in [0.717, 1.165) is 19.4 Å². The Bertz CT molecular complexity index is 105. The molecule has 0 saturated carbocycles. The quantitative estimate of drug-likeness (QED) is 0.545. The summed E-state index contributed by atoms with van der Waals surface area (Å²) in [7, 11) is 0. The lowest BCUT2D eigenvalue weighted by molar-refractivity contribution is 0.204. The first-order valence-corrected chi connectivity index (χ1v) is 3.13. The van der Waals surface area contributed by atoms with Crippen LogP contribution in [0.1, 0.15) is 12.8 Å². The van der Waals surface area contributed by atoms with Gasteiger partial charge in [-0.25, -0.2) is 0 Å². The van der Waals surface area contributed by atoms with E-state index in [0.29, 0.717) is 0 Å². The first kappa shape index (κ1) is 6.55. The Morgan fingerprint density at radius 1 is 1.78 bits per heavy atom. The van der Waals surface area contributed by atoms with E-state index >= 15 is 0 Å². The molecule has 1 aliphatic rings. The number of amides is 1. The van der Waals surface area contributed by atoms with E-state index in [2.05, 4.69) is 0 Å². The van der Waals surface area contributed by atoms with Crippen LogP contribution in [0.5, 0.6) is 0 Å². The van der Waals surface area contributed by atoms with E-state index in [1.165, 1.54) is 4.90 Å². The lowest BCUT2D eigenvalue weighted by Crippen LogP contribution is -2.30. The molecule has 1 rings (SSSR count). The maximum atomic E-state index is 10.1. The summed E-state index contributed by atoms with van der Waals surface area (Å²) in [6.07, 6.45) is 3.71. The van der Waals surface area contributed by atoms with Crippen molar-refractivity contribution in [2.75, 3.05) is 13.2 Å². The molecule has 1 N–H and O–H groups in total. The van der Waals surface area contributed by atoms with Crippen molar-refractivity contribution in [1.29, 1.82) is 0 Å². The maximum absolute atomic E-state index is 10.1. The fourth-order valence-corrected chi connectivity index (χ4v) is 1.15. The lowest BCUT2D eigenvalue weighted by Gasteiger charge is -2.14. The zero-order valence-corrected chi connectivity index (χ0v) is 5.21. The van der Waals surface area contributed by atoms with Crippen LogP contribution in [0, 0.1) is 0 Å². The van der Waals surface area contributed by atoms with Gasteiger partial charge in [0, 0.05) is 6.54 Å². The highest BCUT2D eigenvalue weighted by Crippen LogP contribution is 2.13. The van der Waals surface area contributed by atoms with Crippen LogP contribution in [-0.4, -0.2) is 35.6 Å². The average Bonchev–Trinajstić information content (AvgIpc) is 2.33. The predicted octanol–water partition coefficient (Wildman–Crippen LogP) is -0.490. The fraction of sp³-hybridized carbons (Fsp3) is 0.833. The van der Waals surface area contributed by atoms with Gasteiger partial charge >= 0.3 is 6.41 Å². The molecule has 51 valence electrons. The van der Waals surface area contributed by atoms with Crippen molar-refractivity contribution in [2.24, 2.45) is 0 Å². The molecule has 0 bridgehead atoms. The highest BCUT2D eigenvalue weighted by molar-refractivity contribution is 5.49. The summed E-state index contributed by atoms with van der Waals surface area (Å²) in [5, 5.41) is 8.65. The van der Waals surface area contributed by atoms with E-state index in [9.17, 15) is 4.79 Å². The number of carbonyl (C=O) groups excluding carboxylic acids is 1. The monoisotopic (exact) mass is 128 g/mol. The largest absolute Gasteiger partial charge is 0.394 e. The molecule has 0 aromatic rings. The van der Waals surface area contributed by atoms with Crippen LogP contribution in [0.15, 0.2) is 0 Å². The highest BCUT2D eigenvalue weighted by atomic mass is 16.3. The summed E-state index contributed by atoms with van der Waals surface area (Å²) in [5.74, 6) is 0. The van der Waals surface area contributed by atoms with Gasteiger partial charge in [0.25, 0.3) is 0 Å². The van der Waals surface area contributed by atoms with Gasteiger partial charge in [-0.2, -0.15) is 0 Å². The predicted molar refractivity (Wildman–Crippen MR) is 32.5 cm³/mol. The molecule has 0 aromatic carbocycles. The van der Waals surface area contributed by atoms with Gasteiger partial charge < -0.3 is 10.0 Å². The molecule has 1 atom stereocenters. The lowest BCUT2D eigenvalue weighted by atomic mass is 10.2. The number of aliphatic hydroxyl groups excluding tert-OH is 1. The van der Waals surface area contributed by atoms with E-state index < -0.39 is 0 Å². The molecule has 3 nitrogen and oxygen atoms in total. The Kier molecular flexibility index (Phi) is 2.05. The normalized spacial score (nSPS) is 26.8. The minimum Gasteiger partial charge on any atom is -0.394 e. The minimum absolute atomic E-state index is 0.0440. The minimum atomic E-state index is 0.0440. The van der Waals surface area contributed by atoms with E-state index in [-0.39, 0.29) is 12.6 Å². The third-order valence-corrected chi connectivity index (χ3v) is 1.71. The number of hydrogen-bond donors (Lipinski definition) is 1. The van der Waals surface area contributed by atoms with Crippen molar-refractivity contribution in [3.63, 3.8) is 0 Å². The summed E-state index contributed by atoms with van der Waals surface area (Å²) in [6, 6.07) is 0.0440. The average molecular weight is 128 g/mol. The van der Waals surface area contributed by atoms with Gasteiger partial charge in [0.1, 0.15) is 0 Å². The molecule has 1 unspecified atom stereocenters. The maximum Gasteiger partial charge on any atom is 0.312 e. The van der Waals surface area contributed by atoms with Crippen molar-refractivity contribution in [3.8, 4) is 0 Å². The van der Waals surface area contributed by atoms with Crippen molar-refractivity contribution >= 4 is 6.41 Å². The van der Waals surface area contributed by atoms with Crippen LogP contribution < -0.4 is 0 Å². The van der Waals surface area contributed by atoms with Gasteiger partial charge in [-0.05, 0) is 12.8 Å². The van der Waals surface area contributed by atoms with Gasteiger partial charge in [0.2, 0.25) is 0 Å². The van der Waals surface area contributed by atoms with Gasteiger partial charge in [-0.1, -0.05) is 0 Å². The van der Waals surface area contributed by atoms with Gasteiger partial charge in [-0.15, -0.1) is 0 Å². The Morgan fingerprint density at radius 3 is 3.00 bits per heavy atom. The fourth-order valence-electron chi connectivity index (χ4n) is 1.15. The Hall–Kier alpha value is -0.570. The molecule has 1 saturated heterocycles. The first-order valence-electron chi connectivity index (χ1n) is 3.13. The summed E-state index contributed by atoms with van der Waals surface area (Å²) in [5.41, 5.74) is 0. The molecule has 1 amide bonds. The van der Waals surface area contributed by atoms with Gasteiger partial charge in [0.05, 0.1) is 12.6 Å². The summed E-state index contributed by atoms with van der Waals surface area (Å²) in [6.45, 7) is 0.837. The van der Waals surface area contributed by atoms with Crippen molar-refractivity contribution in [1.82, 2.24) is 4.90 Å². The van der Waals surface area contributed by atoms with E-state index in [4.69, 9.17) is 5.11 Å². The van der Waals surface area contributed by atoms with Crippen molar-refractivity contribution in [2.45, 2.75) is 18.9 Å². The molecule has 1 heterocycles. The standard InChI is InChI=1S/C6H10NO2/c8-4-6-2-1-3-7(6)5-9/h6,8H,1-4H2. The SMILES string of the molecule is O=[C]N1CCCC1CO. The second kappa shape index (κ2) is 2.82. The first-order chi connectivity index (χ1) is 4.38. The number of likely N-dealkylation sites (tertiary alicyclic amines) is 1. The van der Waals surface area contributed by atoms with E-state index in [1.54, 1.807) is 6.41 Å². The number of rotatable bonds is 2. The van der Waals surface area contributed by atoms with Crippen LogP contribution in [0.3, 0.4) is 0 Å². The Labute approximate surface area is 54.3 Å². The van der Waals surface area contributed by atoms with Gasteiger partial charge in [0.15, 0.2) is 0 Å². The van der Waals surface area contributed by atoms with Crippen LogP contribution >= 0.6 is 0 Å². The second-order valence-corrected chi connectivity index (χ2v) is 2.26. The molecule has 0 aliphatic carbocycles. The third kappa shape index (κ3) is 1.21. The van der Waals surface area contributed by atoms with Crippen LogP contribution in [0.2, 0.25) is 0 Å². The van der Waals surface area contributed by atoms with Gasteiger partial charge in [-0.3, -0.25) is 4.79 Å². The van der Waals surface area contributed by atoms with Crippen LogP contribution in [0.4, 0.5) is 0 Å². The Morgan fingerprint density at radius 2 is 2.56 bits per heavy atom. The van der Waals surface area contributed by atoms with Crippen LogP contribution in [-0.2, 0) is 4.79 Å². The number of nitrogens with zero attached hydrogens (tertiary/aromatic N) is 1. The third-order valence-electron chi connectivity index (χ3n) is 1.71. The molecule has 0 aromatic heterocycles. The molecule has 9 heavy (non-hydrogen) atoms. The van der Waals surface area contributed by atoms with Crippen LogP contribution in [0.25, 0.3) is 0 Å².